The fourth-order valence-corrected chi connectivity index (χ4v) is 2.56. The number of carboxylic acid groups (broad SMARTS) is 1. The minimum absolute atomic E-state index is 0.141. The van der Waals surface area contributed by atoms with E-state index in [9.17, 15) is 9.59 Å². The van der Waals surface area contributed by atoms with E-state index < -0.39 is 5.97 Å². The molecule has 0 aliphatic rings. The average Bonchev–Trinajstić information content (AvgIpc) is 2.91. The number of rotatable bonds is 6. The maximum atomic E-state index is 12.6. The summed E-state index contributed by atoms with van der Waals surface area (Å²) in [5.41, 5.74) is 2.85. The average molecular weight is 329 g/mol. The lowest BCUT2D eigenvalue weighted by molar-refractivity contribution is 0.0696. The van der Waals surface area contributed by atoms with Crippen LogP contribution in [-0.2, 0) is 13.0 Å². The molecule has 2 aromatic rings. The lowest BCUT2D eigenvalue weighted by atomic mass is 10.1. The number of anilines is 1. The van der Waals surface area contributed by atoms with Crippen LogP contribution in [0, 0.1) is 12.8 Å². The summed E-state index contributed by atoms with van der Waals surface area (Å²) in [6.07, 6.45) is 2.27. The molecule has 6 heteroatoms. The Hall–Kier alpha value is -2.63. The van der Waals surface area contributed by atoms with Crippen LogP contribution in [0.25, 0.3) is 0 Å². The quantitative estimate of drug-likeness (QED) is 0.851. The first kappa shape index (κ1) is 17.7. The van der Waals surface area contributed by atoms with Gasteiger partial charge in [0.05, 0.1) is 23.0 Å². The van der Waals surface area contributed by atoms with Gasteiger partial charge < -0.3 is 10.4 Å². The SMILES string of the molecule is CCc1c(C(=O)Nc2cc(C(=O)O)ccc2C)cnn1CC(C)C. The smallest absolute Gasteiger partial charge is 0.335 e. The zero-order valence-corrected chi connectivity index (χ0v) is 14.5. The van der Waals surface area contributed by atoms with Gasteiger partial charge in [-0.1, -0.05) is 26.8 Å². The van der Waals surface area contributed by atoms with Crippen LogP contribution < -0.4 is 5.32 Å². The molecule has 0 aliphatic heterocycles. The number of benzene rings is 1. The van der Waals surface area contributed by atoms with Crippen molar-refractivity contribution in [2.24, 2.45) is 5.92 Å². The monoisotopic (exact) mass is 329 g/mol. The Kier molecular flexibility index (Phi) is 5.39. The molecule has 0 atom stereocenters. The van der Waals surface area contributed by atoms with Gasteiger partial charge in [0.2, 0.25) is 0 Å². The molecule has 128 valence electrons. The summed E-state index contributed by atoms with van der Waals surface area (Å²) in [4.78, 5) is 23.7. The molecule has 6 nitrogen and oxygen atoms in total. The van der Waals surface area contributed by atoms with E-state index in [1.807, 2.05) is 18.5 Å². The van der Waals surface area contributed by atoms with Gasteiger partial charge in [0.25, 0.3) is 5.91 Å². The maximum Gasteiger partial charge on any atom is 0.335 e. The molecule has 24 heavy (non-hydrogen) atoms. The molecule has 0 spiro atoms. The van der Waals surface area contributed by atoms with Crippen molar-refractivity contribution in [1.82, 2.24) is 9.78 Å². The predicted molar refractivity (Wildman–Crippen MR) is 92.5 cm³/mol. The lowest BCUT2D eigenvalue weighted by Gasteiger charge is -2.11. The Morgan fingerprint density at radius 2 is 2.04 bits per heavy atom. The van der Waals surface area contributed by atoms with Crippen LogP contribution in [0.2, 0.25) is 0 Å². The summed E-state index contributed by atoms with van der Waals surface area (Å²) < 4.78 is 1.86. The second-order valence-electron chi connectivity index (χ2n) is 6.22. The molecular weight excluding hydrogens is 306 g/mol. The molecule has 1 aromatic carbocycles. The second-order valence-corrected chi connectivity index (χ2v) is 6.22. The number of hydrogen-bond acceptors (Lipinski definition) is 3. The number of carbonyl (C=O) groups is 2. The summed E-state index contributed by atoms with van der Waals surface area (Å²) >= 11 is 0. The third-order valence-corrected chi connectivity index (χ3v) is 3.80. The molecule has 0 bridgehead atoms. The van der Waals surface area contributed by atoms with Crippen LogP contribution in [0.4, 0.5) is 5.69 Å². The van der Waals surface area contributed by atoms with Gasteiger partial charge in [-0.25, -0.2) is 4.79 Å². The van der Waals surface area contributed by atoms with Crippen molar-refractivity contribution in [3.05, 3.63) is 46.8 Å². The van der Waals surface area contributed by atoms with Gasteiger partial charge in [-0.2, -0.15) is 5.10 Å². The van der Waals surface area contributed by atoms with E-state index in [0.29, 0.717) is 23.6 Å². The second kappa shape index (κ2) is 7.29. The zero-order chi connectivity index (χ0) is 17.9. The molecule has 2 rings (SSSR count). The number of nitrogens with one attached hydrogen (secondary N) is 1. The Morgan fingerprint density at radius 3 is 2.62 bits per heavy atom. The Balaban J connectivity index is 2.29. The van der Waals surface area contributed by atoms with Gasteiger partial charge in [-0.3, -0.25) is 9.48 Å². The number of carbonyl (C=O) groups excluding carboxylic acids is 1. The highest BCUT2D eigenvalue weighted by atomic mass is 16.4. The van der Waals surface area contributed by atoms with Gasteiger partial charge >= 0.3 is 5.97 Å². The third kappa shape index (κ3) is 3.82. The third-order valence-electron chi connectivity index (χ3n) is 3.80. The highest BCUT2D eigenvalue weighted by Gasteiger charge is 2.18. The number of aryl methyl sites for hydroxylation is 1. The van der Waals surface area contributed by atoms with Crippen LogP contribution in [0.1, 0.15) is 52.7 Å². The van der Waals surface area contributed by atoms with E-state index in [4.69, 9.17) is 5.11 Å². The molecule has 1 amide bonds. The van der Waals surface area contributed by atoms with E-state index in [1.54, 1.807) is 12.3 Å². The number of nitrogens with zero attached hydrogens (tertiary/aromatic N) is 2. The molecule has 0 aliphatic carbocycles. The van der Waals surface area contributed by atoms with Crippen LogP contribution in [0.3, 0.4) is 0 Å². The van der Waals surface area contributed by atoms with Gasteiger partial charge in [0.1, 0.15) is 0 Å². The topological polar surface area (TPSA) is 84.2 Å². The van der Waals surface area contributed by atoms with Crippen molar-refractivity contribution in [1.29, 1.82) is 0 Å². The van der Waals surface area contributed by atoms with Gasteiger partial charge in [-0.15, -0.1) is 0 Å². The molecular formula is C18H23N3O3. The van der Waals surface area contributed by atoms with E-state index in [0.717, 1.165) is 17.8 Å². The van der Waals surface area contributed by atoms with Crippen molar-refractivity contribution < 1.29 is 14.7 Å². The minimum Gasteiger partial charge on any atom is -0.478 e. The van der Waals surface area contributed by atoms with Crippen molar-refractivity contribution >= 4 is 17.6 Å². The molecule has 0 fully saturated rings. The van der Waals surface area contributed by atoms with Gasteiger partial charge in [0, 0.05) is 12.2 Å². The summed E-state index contributed by atoms with van der Waals surface area (Å²) in [5.74, 6) is -0.863. The maximum absolute atomic E-state index is 12.6. The van der Waals surface area contributed by atoms with Crippen LogP contribution in [0.15, 0.2) is 24.4 Å². The standard InChI is InChI=1S/C18H23N3O3/c1-5-16-14(9-19-21(16)10-11(2)3)17(22)20-15-8-13(18(23)24)7-6-12(15)4/h6-9,11H,5,10H2,1-4H3,(H,20,22)(H,23,24). The number of carboxylic acids is 1. The highest BCUT2D eigenvalue weighted by Crippen LogP contribution is 2.19. The van der Waals surface area contributed by atoms with Crippen LogP contribution >= 0.6 is 0 Å². The number of hydrogen-bond donors (Lipinski definition) is 2. The summed E-state index contributed by atoms with van der Waals surface area (Å²) in [6.45, 7) is 8.76. The fourth-order valence-electron chi connectivity index (χ4n) is 2.56. The number of amides is 1. The molecule has 0 saturated heterocycles. The van der Waals surface area contributed by atoms with E-state index >= 15 is 0 Å². The molecule has 2 N–H and O–H groups in total. The van der Waals surface area contributed by atoms with E-state index in [2.05, 4.69) is 24.3 Å². The van der Waals surface area contributed by atoms with Crippen LogP contribution in [-0.4, -0.2) is 26.8 Å². The van der Waals surface area contributed by atoms with Gasteiger partial charge in [0.15, 0.2) is 0 Å². The van der Waals surface area contributed by atoms with E-state index in [1.165, 1.54) is 12.1 Å². The predicted octanol–water partition coefficient (Wildman–Crippen LogP) is 3.36. The lowest BCUT2D eigenvalue weighted by Crippen LogP contribution is -2.16. The Labute approximate surface area is 141 Å². The van der Waals surface area contributed by atoms with Crippen molar-refractivity contribution in [2.75, 3.05) is 5.32 Å². The Morgan fingerprint density at radius 1 is 1.33 bits per heavy atom. The van der Waals surface area contributed by atoms with Crippen molar-refractivity contribution in [3.8, 4) is 0 Å². The first-order valence-electron chi connectivity index (χ1n) is 8.03. The van der Waals surface area contributed by atoms with E-state index in [-0.39, 0.29) is 11.5 Å². The minimum atomic E-state index is -1.02. The zero-order valence-electron chi connectivity index (χ0n) is 14.5. The van der Waals surface area contributed by atoms with Crippen LogP contribution in [0.5, 0.6) is 0 Å². The van der Waals surface area contributed by atoms with Crippen molar-refractivity contribution in [2.45, 2.75) is 40.7 Å². The number of aromatic carboxylic acids is 1. The summed E-state index contributed by atoms with van der Waals surface area (Å²) in [7, 11) is 0. The Bertz CT molecular complexity index is 763. The highest BCUT2D eigenvalue weighted by molar-refractivity contribution is 6.05. The molecule has 1 aromatic heterocycles. The molecule has 1 heterocycles. The summed E-state index contributed by atoms with van der Waals surface area (Å²) in [5, 5.41) is 16.2. The molecule has 0 saturated carbocycles. The first-order chi connectivity index (χ1) is 11.3. The summed E-state index contributed by atoms with van der Waals surface area (Å²) in [6, 6.07) is 4.67. The fraction of sp³-hybridized carbons (Fsp3) is 0.389. The number of aromatic nitrogens is 2. The molecule has 0 unspecified atom stereocenters. The molecule has 0 radical (unpaired) electrons. The normalized spacial score (nSPS) is 10.9. The largest absolute Gasteiger partial charge is 0.478 e. The van der Waals surface area contributed by atoms with Crippen molar-refractivity contribution in [3.63, 3.8) is 0 Å². The first-order valence-corrected chi connectivity index (χ1v) is 8.03. The van der Waals surface area contributed by atoms with Gasteiger partial charge in [-0.05, 0) is 37.0 Å².